The average molecular weight is 357 g/mol. The summed E-state index contributed by atoms with van der Waals surface area (Å²) in [5.41, 5.74) is 2.06. The summed E-state index contributed by atoms with van der Waals surface area (Å²) in [6, 6.07) is 8.14. The van der Waals surface area contributed by atoms with E-state index in [-0.39, 0.29) is 17.7 Å². The molecule has 1 aromatic carbocycles. The first-order valence-corrected chi connectivity index (χ1v) is 9.97. The second kappa shape index (κ2) is 8.11. The molecule has 1 aromatic rings. The fourth-order valence-corrected chi connectivity index (χ4v) is 4.20. The van der Waals surface area contributed by atoms with Crippen molar-refractivity contribution in [1.29, 1.82) is 0 Å². The monoisotopic (exact) mass is 357 g/mol. The predicted molar refractivity (Wildman–Crippen MR) is 105 cm³/mol. The van der Waals surface area contributed by atoms with Crippen LogP contribution >= 0.6 is 0 Å². The minimum absolute atomic E-state index is 0.0593. The molecule has 2 unspecified atom stereocenters. The largest absolute Gasteiger partial charge is 0.372 e. The van der Waals surface area contributed by atoms with Gasteiger partial charge in [0.1, 0.15) is 0 Å². The zero-order chi connectivity index (χ0) is 18.7. The van der Waals surface area contributed by atoms with E-state index in [1.165, 1.54) is 12.1 Å². The van der Waals surface area contributed by atoms with Gasteiger partial charge in [0.05, 0.1) is 5.92 Å². The fraction of sp³-hybridized carbons (Fsp3) is 0.619. The smallest absolute Gasteiger partial charge is 0.228 e. The summed E-state index contributed by atoms with van der Waals surface area (Å²) in [6.45, 7) is 10.6. The van der Waals surface area contributed by atoms with E-state index in [1.54, 1.807) is 4.90 Å². The van der Waals surface area contributed by atoms with E-state index in [0.717, 1.165) is 38.3 Å². The molecule has 2 atom stereocenters. The molecule has 0 spiro atoms. The van der Waals surface area contributed by atoms with Crippen molar-refractivity contribution in [3.8, 4) is 0 Å². The van der Waals surface area contributed by atoms with Crippen LogP contribution < -0.4 is 9.80 Å². The maximum absolute atomic E-state index is 12.8. The number of hydrogen-bond donors (Lipinski definition) is 0. The van der Waals surface area contributed by atoms with Crippen LogP contribution in [0.15, 0.2) is 24.3 Å². The van der Waals surface area contributed by atoms with Crippen molar-refractivity contribution in [1.82, 2.24) is 4.90 Å². The maximum Gasteiger partial charge on any atom is 0.228 e. The molecule has 2 aliphatic rings. The molecule has 0 bridgehead atoms. The van der Waals surface area contributed by atoms with E-state index in [1.807, 2.05) is 17.0 Å². The first-order valence-electron chi connectivity index (χ1n) is 9.97. The Hall–Kier alpha value is -2.04. The Bertz CT molecular complexity index is 639. The molecule has 0 aliphatic carbocycles. The summed E-state index contributed by atoms with van der Waals surface area (Å²) < 4.78 is 0. The van der Waals surface area contributed by atoms with Gasteiger partial charge in [-0.3, -0.25) is 9.59 Å². The van der Waals surface area contributed by atoms with Crippen LogP contribution in [0.2, 0.25) is 0 Å². The third-order valence-electron chi connectivity index (χ3n) is 5.73. The van der Waals surface area contributed by atoms with E-state index in [4.69, 9.17) is 0 Å². The van der Waals surface area contributed by atoms with Gasteiger partial charge in [0.2, 0.25) is 11.8 Å². The molecule has 5 nitrogen and oxygen atoms in total. The molecule has 2 aliphatic heterocycles. The summed E-state index contributed by atoms with van der Waals surface area (Å²) in [7, 11) is 0. The van der Waals surface area contributed by atoms with Crippen molar-refractivity contribution in [2.45, 2.75) is 40.0 Å². The number of nitrogens with zero attached hydrogens (tertiary/aromatic N) is 3. The van der Waals surface area contributed by atoms with E-state index < -0.39 is 0 Å². The van der Waals surface area contributed by atoms with Gasteiger partial charge in [-0.25, -0.2) is 0 Å². The minimum atomic E-state index is -0.199. The van der Waals surface area contributed by atoms with Crippen molar-refractivity contribution in [2.24, 2.45) is 11.8 Å². The lowest BCUT2D eigenvalue weighted by molar-refractivity contribution is -0.137. The number of carbonyl (C=O) groups excluding carboxylic acids is 2. The fourth-order valence-electron chi connectivity index (χ4n) is 4.20. The van der Waals surface area contributed by atoms with Crippen LogP contribution in [0.25, 0.3) is 0 Å². The highest BCUT2D eigenvalue weighted by Gasteiger charge is 2.37. The van der Waals surface area contributed by atoms with Crippen molar-refractivity contribution in [3.63, 3.8) is 0 Å². The van der Waals surface area contributed by atoms with Gasteiger partial charge in [-0.2, -0.15) is 0 Å². The van der Waals surface area contributed by atoms with E-state index in [0.29, 0.717) is 18.9 Å². The van der Waals surface area contributed by atoms with E-state index in [2.05, 4.69) is 37.8 Å². The summed E-state index contributed by atoms with van der Waals surface area (Å²) in [4.78, 5) is 31.4. The number of carbonyl (C=O) groups is 2. The molecule has 2 fully saturated rings. The number of piperidine rings is 1. The van der Waals surface area contributed by atoms with Gasteiger partial charge >= 0.3 is 0 Å². The standard InChI is InChI=1S/C21H31N3O2/c1-4-22(5-2)18-8-10-19(11-9-18)24-15-17(13-20(24)25)21(26)23-12-6-7-16(3)14-23/h8-11,16-17H,4-7,12-15H2,1-3H3. The molecule has 26 heavy (non-hydrogen) atoms. The van der Waals surface area contributed by atoms with E-state index in [9.17, 15) is 9.59 Å². The SMILES string of the molecule is CCN(CC)c1ccc(N2CC(C(=O)N3CCCC(C)C3)CC2=O)cc1. The number of likely N-dealkylation sites (tertiary alicyclic amines) is 1. The van der Waals surface area contributed by atoms with Crippen LogP contribution in [0, 0.1) is 11.8 Å². The Morgan fingerprint density at radius 1 is 1.15 bits per heavy atom. The normalized spacial score (nSPS) is 23.4. The molecule has 3 rings (SSSR count). The van der Waals surface area contributed by atoms with Crippen molar-refractivity contribution in [2.75, 3.05) is 42.5 Å². The second-order valence-corrected chi connectivity index (χ2v) is 7.63. The Balaban J connectivity index is 1.66. The minimum Gasteiger partial charge on any atom is -0.372 e. The molecule has 5 heteroatoms. The molecule has 0 saturated carbocycles. The van der Waals surface area contributed by atoms with E-state index >= 15 is 0 Å². The van der Waals surface area contributed by atoms with Crippen molar-refractivity contribution >= 4 is 23.2 Å². The van der Waals surface area contributed by atoms with Gasteiger partial charge in [0.25, 0.3) is 0 Å². The number of anilines is 2. The summed E-state index contributed by atoms with van der Waals surface area (Å²) in [5, 5.41) is 0. The summed E-state index contributed by atoms with van der Waals surface area (Å²) >= 11 is 0. The van der Waals surface area contributed by atoms with Gasteiger partial charge in [-0.1, -0.05) is 6.92 Å². The number of hydrogen-bond acceptors (Lipinski definition) is 3. The predicted octanol–water partition coefficient (Wildman–Crippen LogP) is 3.14. The highest BCUT2D eigenvalue weighted by atomic mass is 16.2. The molecule has 2 amide bonds. The van der Waals surface area contributed by atoms with Crippen LogP contribution in [0.4, 0.5) is 11.4 Å². The molecule has 2 heterocycles. The molecular formula is C21H31N3O2. The van der Waals surface area contributed by atoms with Gasteiger partial charge in [0.15, 0.2) is 0 Å². The molecule has 0 radical (unpaired) electrons. The number of amides is 2. The summed E-state index contributed by atoms with van der Waals surface area (Å²) in [5.74, 6) is 0.583. The molecule has 2 saturated heterocycles. The third-order valence-corrected chi connectivity index (χ3v) is 5.73. The number of rotatable bonds is 5. The van der Waals surface area contributed by atoms with Crippen molar-refractivity contribution < 1.29 is 9.59 Å². The zero-order valence-electron chi connectivity index (χ0n) is 16.3. The first-order chi connectivity index (χ1) is 12.5. The van der Waals surface area contributed by atoms with Crippen LogP contribution in [0.5, 0.6) is 0 Å². The molecular weight excluding hydrogens is 326 g/mol. The Kier molecular flexibility index (Phi) is 5.84. The Morgan fingerprint density at radius 3 is 2.46 bits per heavy atom. The number of benzene rings is 1. The topological polar surface area (TPSA) is 43.9 Å². The maximum atomic E-state index is 12.8. The van der Waals surface area contributed by atoms with Gasteiger partial charge in [-0.15, -0.1) is 0 Å². The molecule has 0 aromatic heterocycles. The quantitative estimate of drug-likeness (QED) is 0.813. The highest BCUT2D eigenvalue weighted by molar-refractivity contribution is 6.00. The Labute approximate surface area is 156 Å². The van der Waals surface area contributed by atoms with Crippen LogP contribution in [-0.4, -0.2) is 49.4 Å². The molecule has 142 valence electrons. The van der Waals surface area contributed by atoms with Crippen LogP contribution in [-0.2, 0) is 9.59 Å². The van der Waals surface area contributed by atoms with Crippen molar-refractivity contribution in [3.05, 3.63) is 24.3 Å². The summed E-state index contributed by atoms with van der Waals surface area (Å²) in [6.07, 6.45) is 2.60. The van der Waals surface area contributed by atoms with Gasteiger partial charge in [-0.05, 0) is 56.9 Å². The van der Waals surface area contributed by atoms with Gasteiger partial charge in [0, 0.05) is 50.5 Å². The van der Waals surface area contributed by atoms with Gasteiger partial charge < -0.3 is 14.7 Å². The highest BCUT2D eigenvalue weighted by Crippen LogP contribution is 2.29. The first kappa shape index (κ1) is 18.7. The zero-order valence-corrected chi connectivity index (χ0v) is 16.3. The third kappa shape index (κ3) is 3.87. The lowest BCUT2D eigenvalue weighted by atomic mass is 9.98. The lowest BCUT2D eigenvalue weighted by Gasteiger charge is -2.32. The Morgan fingerprint density at radius 2 is 1.85 bits per heavy atom. The lowest BCUT2D eigenvalue weighted by Crippen LogP contribution is -2.43. The van der Waals surface area contributed by atoms with Crippen LogP contribution in [0.3, 0.4) is 0 Å². The average Bonchev–Trinajstić information content (AvgIpc) is 3.04. The van der Waals surface area contributed by atoms with Crippen LogP contribution in [0.1, 0.15) is 40.0 Å². The molecule has 0 N–H and O–H groups in total. The second-order valence-electron chi connectivity index (χ2n) is 7.63.